The summed E-state index contributed by atoms with van der Waals surface area (Å²) in [5.74, 6) is 0.820. The first-order valence-corrected chi connectivity index (χ1v) is 4.39. The zero-order valence-electron chi connectivity index (χ0n) is 7.86. The van der Waals surface area contributed by atoms with E-state index >= 15 is 0 Å². The second-order valence-corrected chi connectivity index (χ2v) is 3.20. The molecule has 0 aromatic carbocycles. The standard InChI is InChI=1S/C8H13N3O2/c1-6-3-4-11-8(13-6)7(5-9-11)10-12-2/h5-6,10H,3-4H2,1-2H3/p+1. The molecule has 2 rings (SSSR count). The summed E-state index contributed by atoms with van der Waals surface area (Å²) in [6, 6.07) is 0. The number of quaternary nitrogens is 1. The molecular weight excluding hydrogens is 170 g/mol. The minimum Gasteiger partial charge on any atom is -0.470 e. The minimum absolute atomic E-state index is 0.271. The molecule has 0 spiro atoms. The second kappa shape index (κ2) is 3.35. The molecule has 0 radical (unpaired) electrons. The molecule has 0 aliphatic carbocycles. The van der Waals surface area contributed by atoms with E-state index in [2.05, 4.69) is 12.0 Å². The maximum absolute atomic E-state index is 5.64. The highest BCUT2D eigenvalue weighted by atomic mass is 16.6. The third-order valence-electron chi connectivity index (χ3n) is 2.12. The van der Waals surface area contributed by atoms with Crippen molar-refractivity contribution in [2.75, 3.05) is 7.11 Å². The van der Waals surface area contributed by atoms with Gasteiger partial charge in [-0.25, -0.2) is 9.52 Å². The zero-order chi connectivity index (χ0) is 9.26. The smallest absolute Gasteiger partial charge is 0.278 e. The fourth-order valence-electron chi connectivity index (χ4n) is 1.44. The largest absolute Gasteiger partial charge is 0.470 e. The third kappa shape index (κ3) is 1.52. The van der Waals surface area contributed by atoms with Crippen molar-refractivity contribution < 1.29 is 15.1 Å². The first-order chi connectivity index (χ1) is 6.31. The summed E-state index contributed by atoms with van der Waals surface area (Å²) in [5, 5.41) is 4.19. The summed E-state index contributed by atoms with van der Waals surface area (Å²) in [6.07, 6.45) is 3.05. The van der Waals surface area contributed by atoms with Gasteiger partial charge >= 0.3 is 0 Å². The van der Waals surface area contributed by atoms with Gasteiger partial charge in [-0.3, -0.25) is 0 Å². The van der Waals surface area contributed by atoms with Crippen molar-refractivity contribution in [1.82, 2.24) is 9.78 Å². The number of hydrogen-bond donors (Lipinski definition) is 1. The number of nitrogens with zero attached hydrogens (tertiary/aromatic N) is 2. The average molecular weight is 184 g/mol. The predicted octanol–water partition coefficient (Wildman–Crippen LogP) is -0.190. The lowest BCUT2D eigenvalue weighted by Crippen LogP contribution is -2.76. The lowest BCUT2D eigenvalue weighted by atomic mass is 10.2. The van der Waals surface area contributed by atoms with Crippen molar-refractivity contribution in [2.24, 2.45) is 0 Å². The van der Waals surface area contributed by atoms with Gasteiger partial charge in [-0.05, 0) is 6.92 Å². The first-order valence-electron chi connectivity index (χ1n) is 4.39. The summed E-state index contributed by atoms with van der Waals surface area (Å²) in [4.78, 5) is 4.93. The van der Waals surface area contributed by atoms with Gasteiger partial charge in [0.15, 0.2) is 0 Å². The first kappa shape index (κ1) is 8.52. The monoisotopic (exact) mass is 184 g/mol. The summed E-state index contributed by atoms with van der Waals surface area (Å²) in [6.45, 7) is 2.99. The van der Waals surface area contributed by atoms with E-state index in [-0.39, 0.29) is 6.10 Å². The molecule has 0 amide bonds. The molecule has 1 aromatic heterocycles. The number of ether oxygens (including phenoxy) is 1. The van der Waals surface area contributed by atoms with Crippen molar-refractivity contribution in [3.8, 4) is 5.88 Å². The molecule has 72 valence electrons. The normalized spacial score (nSPS) is 20.9. The molecule has 5 nitrogen and oxygen atoms in total. The van der Waals surface area contributed by atoms with Crippen LogP contribution >= 0.6 is 0 Å². The number of aryl methyl sites for hydroxylation is 1. The Bertz CT molecular complexity index is 298. The maximum Gasteiger partial charge on any atom is 0.278 e. The summed E-state index contributed by atoms with van der Waals surface area (Å²) < 4.78 is 7.51. The van der Waals surface area contributed by atoms with Gasteiger partial charge in [-0.2, -0.15) is 10.6 Å². The van der Waals surface area contributed by atoms with Gasteiger partial charge in [0.05, 0.1) is 13.2 Å². The van der Waals surface area contributed by atoms with E-state index in [4.69, 9.17) is 9.57 Å². The zero-order valence-corrected chi connectivity index (χ0v) is 7.86. The highest BCUT2D eigenvalue weighted by Gasteiger charge is 2.23. The maximum atomic E-state index is 5.64. The van der Waals surface area contributed by atoms with E-state index in [1.165, 1.54) is 0 Å². The number of hydrogen-bond acceptors (Lipinski definition) is 3. The van der Waals surface area contributed by atoms with Gasteiger partial charge in [-0.1, -0.05) is 0 Å². The van der Waals surface area contributed by atoms with Crippen molar-refractivity contribution in [1.29, 1.82) is 0 Å². The van der Waals surface area contributed by atoms with Crippen molar-refractivity contribution in [3.05, 3.63) is 6.20 Å². The number of rotatable bonds is 2. The van der Waals surface area contributed by atoms with Crippen LogP contribution in [0.15, 0.2) is 6.20 Å². The van der Waals surface area contributed by atoms with Gasteiger partial charge in [0, 0.05) is 13.0 Å². The molecule has 1 aliphatic rings. The number of aromatic nitrogens is 2. The summed E-state index contributed by atoms with van der Waals surface area (Å²) in [7, 11) is 1.62. The quantitative estimate of drug-likeness (QED) is 0.648. The van der Waals surface area contributed by atoms with Crippen LogP contribution in [0.3, 0.4) is 0 Å². The van der Waals surface area contributed by atoms with Crippen LogP contribution < -0.4 is 10.2 Å². The molecule has 5 heteroatoms. The molecular formula is C8H14N3O2+. The van der Waals surface area contributed by atoms with E-state index < -0.39 is 0 Å². The number of fused-ring (bicyclic) bond motifs is 1. The van der Waals surface area contributed by atoms with Crippen LogP contribution in [0.25, 0.3) is 0 Å². The Hall–Kier alpha value is -1.07. The Balaban J connectivity index is 2.25. The van der Waals surface area contributed by atoms with E-state index in [1.807, 2.05) is 4.68 Å². The predicted molar refractivity (Wildman–Crippen MR) is 45.5 cm³/mol. The molecule has 1 aromatic rings. The van der Waals surface area contributed by atoms with Gasteiger partial charge < -0.3 is 4.74 Å². The Morgan fingerprint density at radius 1 is 1.77 bits per heavy atom. The Morgan fingerprint density at radius 2 is 2.62 bits per heavy atom. The average Bonchev–Trinajstić information content (AvgIpc) is 2.49. The number of nitrogens with two attached hydrogens (primary N) is 1. The van der Waals surface area contributed by atoms with Crippen LogP contribution in [0.4, 0.5) is 5.69 Å². The second-order valence-electron chi connectivity index (χ2n) is 3.20. The van der Waals surface area contributed by atoms with Crippen LogP contribution in [0, 0.1) is 0 Å². The molecule has 1 unspecified atom stereocenters. The fraction of sp³-hybridized carbons (Fsp3) is 0.625. The third-order valence-corrected chi connectivity index (χ3v) is 2.12. The van der Waals surface area contributed by atoms with Gasteiger partial charge in [0.2, 0.25) is 5.69 Å². The summed E-state index contributed by atoms with van der Waals surface area (Å²) in [5.41, 5.74) is 2.56. The lowest BCUT2D eigenvalue weighted by molar-refractivity contribution is -0.830. The minimum atomic E-state index is 0.271. The van der Waals surface area contributed by atoms with E-state index in [0.717, 1.165) is 24.5 Å². The fourth-order valence-corrected chi connectivity index (χ4v) is 1.44. The van der Waals surface area contributed by atoms with Gasteiger partial charge in [-0.15, -0.1) is 0 Å². The molecule has 13 heavy (non-hydrogen) atoms. The topological polar surface area (TPSA) is 52.9 Å². The van der Waals surface area contributed by atoms with Crippen LogP contribution in [-0.2, 0) is 11.4 Å². The molecule has 0 bridgehead atoms. The highest BCUT2D eigenvalue weighted by Crippen LogP contribution is 2.25. The molecule has 2 heterocycles. The van der Waals surface area contributed by atoms with Crippen LogP contribution in [0.1, 0.15) is 13.3 Å². The van der Waals surface area contributed by atoms with Gasteiger partial charge in [0.25, 0.3) is 5.88 Å². The Kier molecular flexibility index (Phi) is 2.20. The molecule has 0 saturated heterocycles. The molecule has 1 atom stereocenters. The summed E-state index contributed by atoms with van der Waals surface area (Å²) >= 11 is 0. The lowest BCUT2D eigenvalue weighted by Gasteiger charge is -2.20. The van der Waals surface area contributed by atoms with E-state index in [1.54, 1.807) is 18.8 Å². The Morgan fingerprint density at radius 3 is 3.38 bits per heavy atom. The van der Waals surface area contributed by atoms with Crippen LogP contribution in [0.5, 0.6) is 5.88 Å². The SMILES string of the molecule is CO[NH2+]c1cnn2c1OC(C)CC2. The molecule has 2 N–H and O–H groups in total. The van der Waals surface area contributed by atoms with Crippen molar-refractivity contribution in [2.45, 2.75) is 26.0 Å². The Labute approximate surface area is 76.6 Å². The highest BCUT2D eigenvalue weighted by molar-refractivity contribution is 5.38. The molecule has 0 saturated carbocycles. The van der Waals surface area contributed by atoms with Crippen LogP contribution in [0.2, 0.25) is 0 Å². The van der Waals surface area contributed by atoms with Crippen LogP contribution in [-0.4, -0.2) is 23.0 Å². The molecule has 1 aliphatic heterocycles. The van der Waals surface area contributed by atoms with E-state index in [0.29, 0.717) is 0 Å². The van der Waals surface area contributed by atoms with Gasteiger partial charge in [0.1, 0.15) is 6.20 Å². The van der Waals surface area contributed by atoms with E-state index in [9.17, 15) is 0 Å². The van der Waals surface area contributed by atoms with Crippen molar-refractivity contribution >= 4 is 5.69 Å². The molecule has 0 fully saturated rings. The van der Waals surface area contributed by atoms with Crippen molar-refractivity contribution in [3.63, 3.8) is 0 Å².